The molecule has 2 aliphatic heterocycles. The van der Waals surface area contributed by atoms with Gasteiger partial charge in [0.1, 0.15) is 21.6 Å². The van der Waals surface area contributed by atoms with E-state index in [0.29, 0.717) is 57.4 Å². The molecule has 0 aromatic heterocycles. The minimum atomic E-state index is -0.314. The quantitative estimate of drug-likeness (QED) is 0.514. The first-order valence-corrected chi connectivity index (χ1v) is 11.0. The van der Waals surface area contributed by atoms with Crippen LogP contribution in [-0.2, 0) is 4.79 Å². The van der Waals surface area contributed by atoms with Crippen molar-refractivity contribution in [3.63, 3.8) is 0 Å². The van der Waals surface area contributed by atoms with Crippen LogP contribution in [0, 0.1) is 0 Å². The summed E-state index contributed by atoms with van der Waals surface area (Å²) in [5.74, 6) is 1.51. The van der Waals surface area contributed by atoms with E-state index >= 15 is 0 Å². The summed E-state index contributed by atoms with van der Waals surface area (Å²) in [6.45, 7) is 0.968. The van der Waals surface area contributed by atoms with Crippen molar-refractivity contribution in [3.05, 3.63) is 46.9 Å². The lowest BCUT2D eigenvalue weighted by Gasteiger charge is -2.23. The summed E-state index contributed by atoms with van der Waals surface area (Å²) in [7, 11) is 3.10. The molecule has 2 heterocycles. The molecule has 2 N–H and O–H groups in total. The van der Waals surface area contributed by atoms with Gasteiger partial charge in [0.05, 0.1) is 31.4 Å². The van der Waals surface area contributed by atoms with Crippen molar-refractivity contribution in [3.8, 4) is 17.2 Å². The van der Waals surface area contributed by atoms with E-state index in [0.717, 1.165) is 5.56 Å². The fourth-order valence-electron chi connectivity index (χ4n) is 3.34. The minimum absolute atomic E-state index is 0.229. The van der Waals surface area contributed by atoms with E-state index < -0.39 is 0 Å². The molecule has 1 fully saturated rings. The highest BCUT2D eigenvalue weighted by Crippen LogP contribution is 2.35. The van der Waals surface area contributed by atoms with Crippen molar-refractivity contribution in [1.29, 1.82) is 0 Å². The average molecular weight is 472 g/mol. The number of carbonyl (C=O) groups is 2. The molecule has 0 unspecified atom stereocenters. The second-order valence-electron chi connectivity index (χ2n) is 6.96. The Labute approximate surface area is 194 Å². The molecule has 4 rings (SSSR count). The van der Waals surface area contributed by atoms with Crippen LogP contribution in [0.2, 0.25) is 0 Å². The summed E-state index contributed by atoms with van der Waals surface area (Å²) in [6.07, 6.45) is 2.42. The second kappa shape index (κ2) is 9.49. The monoisotopic (exact) mass is 471 g/mol. The van der Waals surface area contributed by atoms with Crippen molar-refractivity contribution in [1.82, 2.24) is 5.32 Å². The van der Waals surface area contributed by atoms with E-state index in [1.54, 1.807) is 49.5 Å². The Morgan fingerprint density at radius 1 is 1.22 bits per heavy atom. The first-order chi connectivity index (χ1) is 15.5. The Kier molecular flexibility index (Phi) is 6.52. The number of urea groups is 1. The van der Waals surface area contributed by atoms with Gasteiger partial charge in [0.2, 0.25) is 0 Å². The van der Waals surface area contributed by atoms with E-state index in [-0.39, 0.29) is 11.9 Å². The molecule has 32 heavy (non-hydrogen) atoms. The highest BCUT2D eigenvalue weighted by Gasteiger charge is 2.25. The van der Waals surface area contributed by atoms with Crippen molar-refractivity contribution < 1.29 is 23.8 Å². The maximum absolute atomic E-state index is 13.2. The van der Waals surface area contributed by atoms with Gasteiger partial charge in [0, 0.05) is 30.4 Å². The maximum atomic E-state index is 13.2. The van der Waals surface area contributed by atoms with Crippen LogP contribution >= 0.6 is 24.0 Å². The van der Waals surface area contributed by atoms with Gasteiger partial charge in [-0.25, -0.2) is 4.79 Å². The SMILES string of the molecule is COc1cc(NC(=O)N2CCCOc3ccc(C=C4SC(=S)NC4=O)cc32)cc(OC)c1. The molecule has 10 heteroatoms. The van der Waals surface area contributed by atoms with Gasteiger partial charge in [-0.3, -0.25) is 9.69 Å². The summed E-state index contributed by atoms with van der Waals surface area (Å²) in [5, 5.41) is 5.51. The third-order valence-corrected chi connectivity index (χ3v) is 6.01. The number of rotatable bonds is 4. The number of nitrogens with one attached hydrogen (secondary N) is 2. The summed E-state index contributed by atoms with van der Waals surface area (Å²) < 4.78 is 16.8. The Hall–Kier alpha value is -3.24. The number of nitrogens with zero attached hydrogens (tertiary/aromatic N) is 1. The second-order valence-corrected chi connectivity index (χ2v) is 8.68. The molecule has 0 saturated carbocycles. The fourth-order valence-corrected chi connectivity index (χ4v) is 4.38. The van der Waals surface area contributed by atoms with Gasteiger partial charge in [-0.2, -0.15) is 0 Å². The number of thiocarbonyl (C=S) groups is 1. The molecule has 0 bridgehead atoms. The van der Waals surface area contributed by atoms with Crippen LogP contribution in [-0.4, -0.2) is 43.6 Å². The smallest absolute Gasteiger partial charge is 0.326 e. The van der Waals surface area contributed by atoms with Gasteiger partial charge >= 0.3 is 6.03 Å². The molecule has 0 radical (unpaired) electrons. The number of benzene rings is 2. The van der Waals surface area contributed by atoms with Gasteiger partial charge in [0.25, 0.3) is 5.91 Å². The van der Waals surface area contributed by atoms with E-state index in [1.807, 2.05) is 12.1 Å². The van der Waals surface area contributed by atoms with Gasteiger partial charge in [-0.1, -0.05) is 30.0 Å². The van der Waals surface area contributed by atoms with Crippen LogP contribution < -0.4 is 29.7 Å². The van der Waals surface area contributed by atoms with Crippen molar-refractivity contribution in [2.24, 2.45) is 0 Å². The lowest BCUT2D eigenvalue weighted by Crippen LogP contribution is -2.35. The molecule has 2 aromatic carbocycles. The molecule has 3 amide bonds. The zero-order chi connectivity index (χ0) is 22.7. The summed E-state index contributed by atoms with van der Waals surface area (Å²) in [5.41, 5.74) is 1.93. The van der Waals surface area contributed by atoms with Crippen LogP contribution in [0.15, 0.2) is 41.3 Å². The zero-order valence-corrected chi connectivity index (χ0v) is 19.1. The van der Waals surface area contributed by atoms with E-state index in [9.17, 15) is 9.59 Å². The third kappa shape index (κ3) is 4.81. The van der Waals surface area contributed by atoms with Crippen LogP contribution in [0.3, 0.4) is 0 Å². The molecular formula is C22H21N3O5S2. The van der Waals surface area contributed by atoms with Gasteiger partial charge in [0.15, 0.2) is 0 Å². The van der Waals surface area contributed by atoms with Crippen LogP contribution in [0.25, 0.3) is 6.08 Å². The number of methoxy groups -OCH3 is 2. The number of thioether (sulfide) groups is 1. The molecular weight excluding hydrogens is 450 g/mol. The summed E-state index contributed by atoms with van der Waals surface area (Å²) >= 11 is 6.26. The van der Waals surface area contributed by atoms with Gasteiger partial charge < -0.3 is 24.8 Å². The van der Waals surface area contributed by atoms with Crippen molar-refractivity contribution in [2.45, 2.75) is 6.42 Å². The van der Waals surface area contributed by atoms with Crippen molar-refractivity contribution in [2.75, 3.05) is 37.6 Å². The highest BCUT2D eigenvalue weighted by molar-refractivity contribution is 8.26. The topological polar surface area (TPSA) is 89.1 Å². The largest absolute Gasteiger partial charge is 0.497 e. The molecule has 2 aliphatic rings. The highest BCUT2D eigenvalue weighted by atomic mass is 32.2. The molecule has 1 saturated heterocycles. The predicted molar refractivity (Wildman–Crippen MR) is 129 cm³/mol. The Balaban J connectivity index is 1.63. The fraction of sp³-hybridized carbons (Fsp3) is 0.227. The zero-order valence-electron chi connectivity index (χ0n) is 17.5. The van der Waals surface area contributed by atoms with E-state index in [1.165, 1.54) is 11.8 Å². The molecule has 0 aliphatic carbocycles. The summed E-state index contributed by atoms with van der Waals surface area (Å²) in [4.78, 5) is 27.3. The Morgan fingerprint density at radius 3 is 2.62 bits per heavy atom. The third-order valence-electron chi connectivity index (χ3n) is 4.85. The van der Waals surface area contributed by atoms with E-state index in [4.69, 9.17) is 26.4 Å². The first-order valence-electron chi connectivity index (χ1n) is 9.80. The number of hydrogen-bond donors (Lipinski definition) is 2. The van der Waals surface area contributed by atoms with E-state index in [2.05, 4.69) is 10.6 Å². The maximum Gasteiger partial charge on any atom is 0.326 e. The van der Waals surface area contributed by atoms with Gasteiger partial charge in [-0.05, 0) is 30.2 Å². The van der Waals surface area contributed by atoms with Crippen LogP contribution in [0.4, 0.5) is 16.2 Å². The standard InChI is InChI=1S/C22H21N3O5S2/c1-28-15-10-14(11-16(12-15)29-2)23-21(27)25-6-3-7-30-18-5-4-13(8-17(18)25)9-19-20(26)24-22(31)32-19/h4-5,8-12H,3,6-7H2,1-2H3,(H,23,27)(H,24,26,31). The first kappa shape index (κ1) is 22.0. The van der Waals surface area contributed by atoms with Crippen LogP contribution in [0.5, 0.6) is 17.2 Å². The Bertz CT molecular complexity index is 1100. The van der Waals surface area contributed by atoms with Crippen LogP contribution in [0.1, 0.15) is 12.0 Å². The average Bonchev–Trinajstić information content (AvgIpc) is 2.97. The number of amides is 3. The molecule has 0 spiro atoms. The number of ether oxygens (including phenoxy) is 3. The number of anilines is 2. The van der Waals surface area contributed by atoms with Gasteiger partial charge in [-0.15, -0.1) is 0 Å². The molecule has 166 valence electrons. The number of carbonyl (C=O) groups excluding carboxylic acids is 2. The lowest BCUT2D eigenvalue weighted by atomic mass is 10.1. The molecule has 2 aromatic rings. The number of hydrogen-bond acceptors (Lipinski definition) is 7. The molecule has 8 nitrogen and oxygen atoms in total. The lowest BCUT2D eigenvalue weighted by molar-refractivity contribution is -0.115. The predicted octanol–water partition coefficient (Wildman–Crippen LogP) is 4.01. The minimum Gasteiger partial charge on any atom is -0.497 e. The summed E-state index contributed by atoms with van der Waals surface area (Å²) in [6, 6.07) is 10.3. The Morgan fingerprint density at radius 2 is 1.97 bits per heavy atom. The number of fused-ring (bicyclic) bond motifs is 1. The van der Waals surface area contributed by atoms with Crippen molar-refractivity contribution >= 4 is 57.7 Å². The normalized spacial score (nSPS) is 16.7. The molecule has 0 atom stereocenters.